The smallest absolute Gasteiger partial charge is 0.0613 e. The zero-order valence-corrected chi connectivity index (χ0v) is 17.1. The van der Waals surface area contributed by atoms with E-state index in [1.165, 1.54) is 51.4 Å². The van der Waals surface area contributed by atoms with Crippen molar-refractivity contribution < 1.29 is 9.84 Å². The van der Waals surface area contributed by atoms with E-state index in [2.05, 4.69) is 20.8 Å². The third kappa shape index (κ3) is 2.57. The SMILES string of the molecule is CO[C@H]1C[C@]2(C)[C@@H](C(C)O)CC[C@H]2[C@@H]2CC[C@H]3C[C@H](C)CC[C@]3(C)[C@H]21. The Morgan fingerprint density at radius 1 is 1.04 bits per heavy atom. The van der Waals surface area contributed by atoms with E-state index in [-0.39, 0.29) is 11.5 Å². The molecule has 0 spiro atoms. The minimum absolute atomic E-state index is 0.175. The molecule has 4 saturated carbocycles. The predicted molar refractivity (Wildman–Crippen MR) is 102 cm³/mol. The minimum Gasteiger partial charge on any atom is -0.393 e. The van der Waals surface area contributed by atoms with Crippen molar-refractivity contribution in [2.24, 2.45) is 46.3 Å². The van der Waals surface area contributed by atoms with Gasteiger partial charge in [-0.3, -0.25) is 0 Å². The van der Waals surface area contributed by atoms with Crippen LogP contribution in [0.1, 0.15) is 79.1 Å². The number of aliphatic hydroxyl groups is 1. The van der Waals surface area contributed by atoms with Crippen LogP contribution < -0.4 is 0 Å². The largest absolute Gasteiger partial charge is 0.393 e. The van der Waals surface area contributed by atoms with Crippen LogP contribution in [0.4, 0.5) is 0 Å². The zero-order chi connectivity index (χ0) is 18.0. The average Bonchev–Trinajstić information content (AvgIpc) is 2.91. The number of aliphatic hydroxyl groups excluding tert-OH is 1. The van der Waals surface area contributed by atoms with Crippen molar-refractivity contribution in [2.75, 3.05) is 7.11 Å². The van der Waals surface area contributed by atoms with Gasteiger partial charge in [0.15, 0.2) is 0 Å². The minimum atomic E-state index is -0.175. The number of ether oxygens (including phenoxy) is 1. The number of hydrogen-bond donors (Lipinski definition) is 1. The molecule has 144 valence electrons. The second-order valence-corrected chi connectivity index (χ2v) is 10.9. The van der Waals surface area contributed by atoms with Crippen molar-refractivity contribution in [1.29, 1.82) is 0 Å². The number of hydrogen-bond acceptors (Lipinski definition) is 2. The highest BCUT2D eigenvalue weighted by molar-refractivity contribution is 5.12. The summed E-state index contributed by atoms with van der Waals surface area (Å²) in [4.78, 5) is 0. The molecule has 2 heteroatoms. The lowest BCUT2D eigenvalue weighted by Gasteiger charge is -2.63. The Balaban J connectivity index is 1.68. The molecule has 0 aliphatic heterocycles. The summed E-state index contributed by atoms with van der Waals surface area (Å²) in [5, 5.41) is 10.4. The van der Waals surface area contributed by atoms with Gasteiger partial charge in [-0.25, -0.2) is 0 Å². The second kappa shape index (κ2) is 6.23. The van der Waals surface area contributed by atoms with Gasteiger partial charge in [0, 0.05) is 7.11 Å². The van der Waals surface area contributed by atoms with E-state index in [1.54, 1.807) is 0 Å². The normalized spacial score (nSPS) is 56.6. The third-order valence-corrected chi connectivity index (χ3v) is 9.79. The fourth-order valence-electron chi connectivity index (χ4n) is 8.62. The Kier molecular flexibility index (Phi) is 4.56. The lowest BCUT2D eigenvalue weighted by molar-refractivity contribution is -0.185. The summed E-state index contributed by atoms with van der Waals surface area (Å²) in [5.41, 5.74) is 0.765. The van der Waals surface area contributed by atoms with Gasteiger partial charge in [-0.05, 0) is 98.2 Å². The van der Waals surface area contributed by atoms with Crippen molar-refractivity contribution in [3.63, 3.8) is 0 Å². The van der Waals surface area contributed by atoms with Gasteiger partial charge in [-0.15, -0.1) is 0 Å². The van der Waals surface area contributed by atoms with Crippen molar-refractivity contribution in [1.82, 2.24) is 0 Å². The monoisotopic (exact) mass is 348 g/mol. The maximum atomic E-state index is 10.4. The molecule has 4 aliphatic carbocycles. The number of rotatable bonds is 2. The van der Waals surface area contributed by atoms with E-state index >= 15 is 0 Å². The number of fused-ring (bicyclic) bond motifs is 5. The first kappa shape index (κ1) is 18.3. The summed E-state index contributed by atoms with van der Waals surface area (Å²) in [6.45, 7) is 9.59. The van der Waals surface area contributed by atoms with Crippen LogP contribution in [0.3, 0.4) is 0 Å². The Hall–Kier alpha value is -0.0800. The van der Waals surface area contributed by atoms with Crippen LogP contribution in [-0.2, 0) is 4.74 Å². The summed E-state index contributed by atoms with van der Waals surface area (Å²) in [5.74, 6) is 4.66. The molecule has 0 radical (unpaired) electrons. The lowest BCUT2D eigenvalue weighted by atomic mass is 9.43. The summed E-state index contributed by atoms with van der Waals surface area (Å²) in [7, 11) is 1.95. The quantitative estimate of drug-likeness (QED) is 0.735. The molecule has 1 unspecified atom stereocenters. The highest BCUT2D eigenvalue weighted by Gasteiger charge is 2.63. The molecule has 25 heavy (non-hydrogen) atoms. The average molecular weight is 349 g/mol. The van der Waals surface area contributed by atoms with Gasteiger partial charge in [-0.2, -0.15) is 0 Å². The molecule has 4 aliphatic rings. The predicted octanol–water partition coefficient (Wildman–Crippen LogP) is 5.29. The first-order valence-electron chi connectivity index (χ1n) is 11.0. The Bertz CT molecular complexity index is 502. The van der Waals surface area contributed by atoms with E-state index in [0.29, 0.717) is 17.4 Å². The molecule has 0 aromatic rings. The van der Waals surface area contributed by atoms with Crippen molar-refractivity contribution in [2.45, 2.75) is 91.3 Å². The standard InChI is InChI=1S/C23H40O2/c1-14-10-11-22(3)16(12-14)6-7-17-19-9-8-18(15(2)24)23(19,4)13-20(25-5)21(17)22/h14-21,24H,6-13H2,1-5H3/t14-,15?,16+,17+,18-,19+,20+,21-,22+,23-/m1/s1. The molecule has 4 rings (SSSR count). The highest BCUT2D eigenvalue weighted by Crippen LogP contribution is 2.68. The zero-order valence-electron chi connectivity index (χ0n) is 17.1. The van der Waals surface area contributed by atoms with Crippen LogP contribution in [0.25, 0.3) is 0 Å². The Morgan fingerprint density at radius 3 is 2.48 bits per heavy atom. The highest BCUT2D eigenvalue weighted by atomic mass is 16.5. The first-order valence-corrected chi connectivity index (χ1v) is 11.0. The molecular formula is C23H40O2. The van der Waals surface area contributed by atoms with Gasteiger partial charge in [0.05, 0.1) is 12.2 Å². The molecule has 4 fully saturated rings. The fraction of sp³-hybridized carbons (Fsp3) is 1.00. The summed E-state index contributed by atoms with van der Waals surface area (Å²) in [6.07, 6.45) is 11.0. The molecular weight excluding hydrogens is 308 g/mol. The third-order valence-electron chi connectivity index (χ3n) is 9.79. The first-order chi connectivity index (χ1) is 11.8. The van der Waals surface area contributed by atoms with Gasteiger partial charge in [0.25, 0.3) is 0 Å². The van der Waals surface area contributed by atoms with Crippen LogP contribution in [0.15, 0.2) is 0 Å². The van der Waals surface area contributed by atoms with Gasteiger partial charge in [0.2, 0.25) is 0 Å². The van der Waals surface area contributed by atoms with Gasteiger partial charge < -0.3 is 9.84 Å². The molecule has 0 aromatic carbocycles. The van der Waals surface area contributed by atoms with Crippen LogP contribution in [0.2, 0.25) is 0 Å². The van der Waals surface area contributed by atoms with E-state index in [4.69, 9.17) is 4.74 Å². The van der Waals surface area contributed by atoms with E-state index in [9.17, 15) is 5.11 Å². The van der Waals surface area contributed by atoms with Crippen molar-refractivity contribution >= 4 is 0 Å². The summed E-state index contributed by atoms with van der Waals surface area (Å²) in [6, 6.07) is 0. The molecule has 2 nitrogen and oxygen atoms in total. The van der Waals surface area contributed by atoms with E-state index in [1.807, 2.05) is 14.0 Å². The molecule has 0 aromatic heterocycles. The van der Waals surface area contributed by atoms with Crippen LogP contribution in [0.5, 0.6) is 0 Å². The van der Waals surface area contributed by atoms with Crippen molar-refractivity contribution in [3.8, 4) is 0 Å². The molecule has 1 N–H and O–H groups in total. The van der Waals surface area contributed by atoms with Crippen LogP contribution in [-0.4, -0.2) is 24.4 Å². The fourth-order valence-corrected chi connectivity index (χ4v) is 8.62. The molecule has 0 bridgehead atoms. The van der Waals surface area contributed by atoms with E-state index in [0.717, 1.165) is 29.6 Å². The molecule has 10 atom stereocenters. The van der Waals surface area contributed by atoms with Crippen LogP contribution >= 0.6 is 0 Å². The summed E-state index contributed by atoms with van der Waals surface area (Å²) < 4.78 is 6.22. The Morgan fingerprint density at radius 2 is 1.80 bits per heavy atom. The molecule has 0 saturated heterocycles. The van der Waals surface area contributed by atoms with Gasteiger partial charge in [0.1, 0.15) is 0 Å². The van der Waals surface area contributed by atoms with Gasteiger partial charge in [-0.1, -0.05) is 27.2 Å². The second-order valence-electron chi connectivity index (χ2n) is 10.9. The van der Waals surface area contributed by atoms with Crippen LogP contribution in [0, 0.1) is 46.3 Å². The number of methoxy groups -OCH3 is 1. The lowest BCUT2D eigenvalue weighted by Crippen LogP contribution is -2.59. The van der Waals surface area contributed by atoms with Gasteiger partial charge >= 0.3 is 0 Å². The summed E-state index contributed by atoms with van der Waals surface area (Å²) >= 11 is 0. The van der Waals surface area contributed by atoms with Crippen molar-refractivity contribution in [3.05, 3.63) is 0 Å². The molecule has 0 amide bonds. The van der Waals surface area contributed by atoms with E-state index < -0.39 is 0 Å². The molecule has 0 heterocycles. The topological polar surface area (TPSA) is 29.5 Å². The maximum absolute atomic E-state index is 10.4. The Labute approximate surface area is 155 Å². The maximum Gasteiger partial charge on any atom is 0.0613 e.